The van der Waals surface area contributed by atoms with Crippen LogP contribution in [0.15, 0.2) is 106 Å². The minimum absolute atomic E-state index is 0.205. The van der Waals surface area contributed by atoms with Crippen LogP contribution in [0.5, 0.6) is 0 Å². The van der Waals surface area contributed by atoms with Gasteiger partial charge in [-0.05, 0) is 16.7 Å². The number of hydrogen-bond acceptors (Lipinski definition) is 4. The van der Waals surface area contributed by atoms with Gasteiger partial charge in [0.2, 0.25) is 5.03 Å². The van der Waals surface area contributed by atoms with Crippen LogP contribution in [0.2, 0.25) is 0 Å². The number of hydrogen-bond donors (Lipinski definition) is 1. The second-order valence-corrected chi connectivity index (χ2v) is 7.52. The summed E-state index contributed by atoms with van der Waals surface area (Å²) in [5.74, 6) is -0.779. The van der Waals surface area contributed by atoms with Crippen molar-refractivity contribution < 1.29 is 17.8 Å². The molecule has 6 nitrogen and oxygen atoms in total. The molecule has 0 saturated carbocycles. The zero-order valence-corrected chi connectivity index (χ0v) is 16.6. The first kappa shape index (κ1) is 21.0. The lowest BCUT2D eigenvalue weighted by Gasteiger charge is -2.00. The lowest BCUT2D eigenvalue weighted by Crippen LogP contribution is -2.03. The first-order valence-corrected chi connectivity index (χ1v) is 10.4. The standard InChI is InChI=1S/C14H12.C9H6N2O4S/c1-3-7-13(8-4-1)11-12-14-9-5-2-6-10-14;12-8-7(6-4-2-1-3-5-6)9(11-10-8)16(13,14)15/h1-12H;1-5H,(H,13,14,15). The molecule has 1 heterocycles. The summed E-state index contributed by atoms with van der Waals surface area (Å²) in [7, 11) is -4.53. The van der Waals surface area contributed by atoms with E-state index in [0.717, 1.165) is 0 Å². The van der Waals surface area contributed by atoms with Gasteiger partial charge in [-0.3, -0.25) is 9.35 Å². The third-order valence-electron chi connectivity index (χ3n) is 4.03. The van der Waals surface area contributed by atoms with Gasteiger partial charge < -0.3 is 0 Å². The molecule has 0 spiro atoms. The smallest absolute Gasteiger partial charge is 0.281 e. The van der Waals surface area contributed by atoms with Gasteiger partial charge in [-0.2, -0.15) is 8.42 Å². The Bertz CT molecular complexity index is 1160. The molecule has 0 aliphatic carbocycles. The Balaban J connectivity index is 0.000000172. The summed E-state index contributed by atoms with van der Waals surface area (Å²) in [5, 5.41) is 5.57. The molecule has 1 amide bonds. The van der Waals surface area contributed by atoms with Gasteiger partial charge in [-0.25, -0.2) is 0 Å². The van der Waals surface area contributed by atoms with Crippen molar-refractivity contribution in [3.8, 4) is 0 Å². The van der Waals surface area contributed by atoms with E-state index >= 15 is 0 Å². The van der Waals surface area contributed by atoms with E-state index < -0.39 is 21.1 Å². The van der Waals surface area contributed by atoms with Crippen molar-refractivity contribution in [1.82, 2.24) is 0 Å². The quantitative estimate of drug-likeness (QED) is 0.471. The molecule has 0 atom stereocenters. The lowest BCUT2D eigenvalue weighted by atomic mass is 10.1. The van der Waals surface area contributed by atoms with Gasteiger partial charge in [-0.15, -0.1) is 10.2 Å². The van der Waals surface area contributed by atoms with Crippen molar-refractivity contribution in [3.05, 3.63) is 113 Å². The molecular weight excluding hydrogens is 400 g/mol. The average molecular weight is 418 g/mol. The summed E-state index contributed by atoms with van der Waals surface area (Å²) in [5.41, 5.74) is 2.61. The first-order chi connectivity index (χ1) is 14.4. The predicted molar refractivity (Wildman–Crippen MR) is 117 cm³/mol. The minimum Gasteiger partial charge on any atom is -0.281 e. The SMILES string of the molecule is C(=Cc1ccccc1)c1ccccc1.O=C1N=NC(S(=O)(=O)O)=C1c1ccccc1. The highest BCUT2D eigenvalue weighted by molar-refractivity contribution is 7.90. The van der Waals surface area contributed by atoms with Gasteiger partial charge in [0.15, 0.2) is 0 Å². The molecule has 1 N–H and O–H groups in total. The zero-order valence-electron chi connectivity index (χ0n) is 15.8. The van der Waals surface area contributed by atoms with Crippen molar-refractivity contribution in [2.75, 3.05) is 0 Å². The Morgan fingerprint density at radius 1 is 0.667 bits per heavy atom. The van der Waals surface area contributed by atoms with Gasteiger partial charge in [-0.1, -0.05) is 103 Å². The van der Waals surface area contributed by atoms with E-state index in [1.807, 2.05) is 36.4 Å². The van der Waals surface area contributed by atoms with E-state index in [-0.39, 0.29) is 5.57 Å². The van der Waals surface area contributed by atoms with Crippen molar-refractivity contribution in [2.45, 2.75) is 0 Å². The normalized spacial score (nSPS) is 13.4. The summed E-state index contributed by atoms with van der Waals surface area (Å²) in [6.45, 7) is 0. The minimum atomic E-state index is -4.53. The van der Waals surface area contributed by atoms with Crippen molar-refractivity contribution in [1.29, 1.82) is 0 Å². The number of rotatable bonds is 4. The second-order valence-electron chi connectivity index (χ2n) is 6.18. The maximum absolute atomic E-state index is 11.3. The molecule has 0 fully saturated rings. The summed E-state index contributed by atoms with van der Waals surface area (Å²) in [6.07, 6.45) is 4.24. The molecule has 1 aliphatic rings. The highest BCUT2D eigenvalue weighted by atomic mass is 32.2. The highest BCUT2D eigenvalue weighted by Crippen LogP contribution is 2.29. The number of carbonyl (C=O) groups excluding carboxylic acids is 1. The summed E-state index contributed by atoms with van der Waals surface area (Å²) < 4.78 is 30.8. The summed E-state index contributed by atoms with van der Waals surface area (Å²) in [6, 6.07) is 28.7. The lowest BCUT2D eigenvalue weighted by molar-refractivity contribution is -0.112. The van der Waals surface area contributed by atoms with Crippen molar-refractivity contribution >= 4 is 33.8 Å². The molecule has 7 heteroatoms. The molecule has 4 rings (SSSR count). The zero-order chi connectivity index (χ0) is 21.4. The first-order valence-electron chi connectivity index (χ1n) is 8.96. The number of benzene rings is 3. The molecule has 150 valence electrons. The predicted octanol–water partition coefficient (Wildman–Crippen LogP) is 5.09. The Kier molecular flexibility index (Phi) is 6.79. The topological polar surface area (TPSA) is 96.2 Å². The van der Waals surface area contributed by atoms with Gasteiger partial charge in [0, 0.05) is 0 Å². The number of azo groups is 1. The van der Waals surface area contributed by atoms with Crippen LogP contribution in [-0.4, -0.2) is 18.9 Å². The van der Waals surface area contributed by atoms with Gasteiger partial charge >= 0.3 is 10.1 Å². The maximum Gasteiger partial charge on any atom is 0.314 e. The van der Waals surface area contributed by atoms with Crippen LogP contribution in [0.25, 0.3) is 17.7 Å². The van der Waals surface area contributed by atoms with Crippen LogP contribution in [0.3, 0.4) is 0 Å². The van der Waals surface area contributed by atoms with E-state index in [4.69, 9.17) is 4.55 Å². The maximum atomic E-state index is 11.3. The largest absolute Gasteiger partial charge is 0.314 e. The van der Waals surface area contributed by atoms with Crippen LogP contribution >= 0.6 is 0 Å². The second kappa shape index (κ2) is 9.69. The van der Waals surface area contributed by atoms with Gasteiger partial charge in [0.05, 0.1) is 5.57 Å². The van der Waals surface area contributed by atoms with Gasteiger partial charge in [0.25, 0.3) is 5.91 Å². The third kappa shape index (κ3) is 5.66. The Hall–Kier alpha value is -3.68. The molecule has 0 radical (unpaired) electrons. The van der Waals surface area contributed by atoms with Crippen molar-refractivity contribution in [3.63, 3.8) is 0 Å². The Morgan fingerprint density at radius 2 is 1.10 bits per heavy atom. The average Bonchev–Trinajstić information content (AvgIpc) is 3.17. The van der Waals surface area contributed by atoms with Crippen LogP contribution < -0.4 is 0 Å². The van der Waals surface area contributed by atoms with Crippen molar-refractivity contribution in [2.24, 2.45) is 10.2 Å². The molecule has 0 saturated heterocycles. The van der Waals surface area contributed by atoms with Crippen LogP contribution in [-0.2, 0) is 14.9 Å². The van der Waals surface area contributed by atoms with Gasteiger partial charge in [0.1, 0.15) is 0 Å². The number of nitrogens with zero attached hydrogens (tertiary/aromatic N) is 2. The molecule has 0 aromatic heterocycles. The fourth-order valence-corrected chi connectivity index (χ4v) is 3.24. The van der Waals surface area contributed by atoms with Crippen LogP contribution in [0.1, 0.15) is 16.7 Å². The van der Waals surface area contributed by atoms with E-state index in [0.29, 0.717) is 5.56 Å². The van der Waals surface area contributed by atoms with Crippen LogP contribution in [0, 0.1) is 0 Å². The highest BCUT2D eigenvalue weighted by Gasteiger charge is 2.30. The number of amides is 1. The van der Waals surface area contributed by atoms with E-state index in [9.17, 15) is 13.2 Å². The summed E-state index contributed by atoms with van der Waals surface area (Å²) >= 11 is 0. The fourth-order valence-electron chi connectivity index (χ4n) is 2.64. The molecule has 30 heavy (non-hydrogen) atoms. The fraction of sp³-hybridized carbons (Fsp3) is 0. The molecule has 0 unspecified atom stereocenters. The Labute approximate surface area is 174 Å². The molecule has 3 aromatic carbocycles. The monoisotopic (exact) mass is 418 g/mol. The van der Waals surface area contributed by atoms with Crippen LogP contribution in [0.4, 0.5) is 0 Å². The van der Waals surface area contributed by atoms with E-state index in [1.165, 1.54) is 23.3 Å². The number of carbonyl (C=O) groups is 1. The third-order valence-corrected chi connectivity index (χ3v) is 4.81. The Morgan fingerprint density at radius 3 is 1.53 bits per heavy atom. The molecule has 3 aromatic rings. The van der Waals surface area contributed by atoms with E-state index in [1.54, 1.807) is 18.2 Å². The summed E-state index contributed by atoms with van der Waals surface area (Å²) in [4.78, 5) is 11.3. The molecular formula is C23H18N2O4S. The molecule has 0 bridgehead atoms. The molecule has 1 aliphatic heterocycles. The van der Waals surface area contributed by atoms with E-state index in [2.05, 4.69) is 46.6 Å².